The lowest BCUT2D eigenvalue weighted by Crippen LogP contribution is -2.10. The molecule has 0 saturated heterocycles. The van der Waals surface area contributed by atoms with E-state index in [4.69, 9.17) is 4.74 Å². The second kappa shape index (κ2) is 8.62. The smallest absolute Gasteiger partial charge is 0.250 e. The minimum absolute atomic E-state index is 0.0946. The van der Waals surface area contributed by atoms with Crippen molar-refractivity contribution in [3.05, 3.63) is 57.0 Å². The Morgan fingerprint density at radius 3 is 2.71 bits per heavy atom. The molecule has 0 aliphatic carbocycles. The first-order valence-electron chi connectivity index (χ1n) is 8.77. The van der Waals surface area contributed by atoms with E-state index in [1.54, 1.807) is 17.4 Å². The van der Waals surface area contributed by atoms with Crippen LogP contribution in [-0.2, 0) is 16.8 Å². The average molecular weight is 415 g/mol. The molecule has 8 heteroatoms. The number of hydrogen-bond acceptors (Lipinski definition) is 7. The van der Waals surface area contributed by atoms with Gasteiger partial charge in [0.15, 0.2) is 0 Å². The van der Waals surface area contributed by atoms with Crippen molar-refractivity contribution >= 4 is 39.8 Å². The Kier molecular flexibility index (Phi) is 6.21. The van der Waals surface area contributed by atoms with Crippen LogP contribution in [0.15, 0.2) is 35.7 Å². The molecule has 2 aromatic heterocycles. The number of anilines is 1. The molecule has 1 amide bonds. The van der Waals surface area contributed by atoms with Crippen LogP contribution in [0, 0.1) is 6.92 Å². The van der Waals surface area contributed by atoms with Gasteiger partial charge in [0.25, 0.3) is 0 Å². The van der Waals surface area contributed by atoms with Crippen molar-refractivity contribution in [2.75, 3.05) is 5.32 Å². The highest BCUT2D eigenvalue weighted by Crippen LogP contribution is 2.27. The van der Waals surface area contributed by atoms with Crippen LogP contribution >= 0.6 is 22.7 Å². The highest BCUT2D eigenvalue weighted by Gasteiger charge is 2.19. The summed E-state index contributed by atoms with van der Waals surface area (Å²) in [5.41, 5.74) is 1.62. The molecular weight excluding hydrogens is 392 g/mol. The van der Waals surface area contributed by atoms with Crippen LogP contribution in [0.5, 0.6) is 5.75 Å². The van der Waals surface area contributed by atoms with E-state index in [9.17, 15) is 4.79 Å². The number of nitrogens with zero attached hydrogens (tertiary/aromatic N) is 3. The van der Waals surface area contributed by atoms with Gasteiger partial charge in [-0.15, -0.1) is 21.5 Å². The summed E-state index contributed by atoms with van der Waals surface area (Å²) in [6.45, 7) is 8.53. The molecule has 0 fully saturated rings. The van der Waals surface area contributed by atoms with Crippen LogP contribution in [-0.4, -0.2) is 21.1 Å². The number of rotatable bonds is 6. The first-order valence-corrected chi connectivity index (χ1v) is 10.5. The Labute approximate surface area is 172 Å². The number of benzene rings is 1. The van der Waals surface area contributed by atoms with Crippen LogP contribution in [0.4, 0.5) is 5.13 Å². The zero-order chi connectivity index (χ0) is 20.1. The largest absolute Gasteiger partial charge is 0.487 e. The van der Waals surface area contributed by atoms with E-state index in [0.29, 0.717) is 17.5 Å². The Hall–Kier alpha value is -2.58. The van der Waals surface area contributed by atoms with Crippen molar-refractivity contribution in [3.63, 3.8) is 0 Å². The minimum atomic E-state index is -0.262. The van der Waals surface area contributed by atoms with E-state index in [2.05, 4.69) is 41.3 Å². The second-order valence-corrected chi connectivity index (χ2v) is 9.21. The van der Waals surface area contributed by atoms with Gasteiger partial charge in [0.1, 0.15) is 17.4 Å². The summed E-state index contributed by atoms with van der Waals surface area (Å²) in [6.07, 6.45) is 3.19. The van der Waals surface area contributed by atoms with E-state index in [1.807, 2.05) is 36.6 Å². The third-order valence-corrected chi connectivity index (χ3v) is 5.76. The van der Waals surface area contributed by atoms with Crippen LogP contribution in [0.25, 0.3) is 6.08 Å². The number of carbonyl (C=O) groups is 1. The molecule has 1 N–H and O–H groups in total. The zero-order valence-corrected chi connectivity index (χ0v) is 17.9. The topological polar surface area (TPSA) is 77.0 Å². The Balaban J connectivity index is 1.63. The molecule has 0 radical (unpaired) electrons. The van der Waals surface area contributed by atoms with Crippen molar-refractivity contribution in [1.29, 1.82) is 0 Å². The van der Waals surface area contributed by atoms with Gasteiger partial charge in [0, 0.05) is 22.4 Å². The third-order valence-electron chi connectivity index (χ3n) is 3.67. The van der Waals surface area contributed by atoms with Gasteiger partial charge in [-0.1, -0.05) is 50.3 Å². The van der Waals surface area contributed by atoms with Crippen LogP contribution in [0.3, 0.4) is 0 Å². The van der Waals surface area contributed by atoms with E-state index < -0.39 is 0 Å². The lowest BCUT2D eigenvalue weighted by molar-refractivity contribution is -0.111. The highest BCUT2D eigenvalue weighted by molar-refractivity contribution is 7.15. The number of para-hydroxylation sites is 1. The fraction of sp³-hybridized carbons (Fsp3) is 0.300. The fourth-order valence-electron chi connectivity index (χ4n) is 2.27. The predicted molar refractivity (Wildman–Crippen MR) is 114 cm³/mol. The van der Waals surface area contributed by atoms with E-state index in [0.717, 1.165) is 21.3 Å². The number of amides is 1. The molecular formula is C20H22N4O2S2. The molecule has 0 saturated carbocycles. The molecule has 146 valence electrons. The van der Waals surface area contributed by atoms with Crippen molar-refractivity contribution in [2.45, 2.75) is 39.7 Å². The van der Waals surface area contributed by atoms with E-state index in [-0.39, 0.29) is 11.3 Å². The van der Waals surface area contributed by atoms with E-state index in [1.165, 1.54) is 17.4 Å². The number of nitrogens with one attached hydrogen (secondary N) is 1. The third kappa shape index (κ3) is 5.46. The number of carbonyl (C=O) groups excluding carboxylic acids is 1. The predicted octanol–water partition coefficient (Wildman–Crippen LogP) is 4.83. The molecule has 3 aromatic rings. The summed E-state index contributed by atoms with van der Waals surface area (Å²) in [5.74, 6) is 0.435. The summed E-state index contributed by atoms with van der Waals surface area (Å²) < 4.78 is 5.87. The normalized spacial score (nSPS) is 11.7. The first-order chi connectivity index (χ1) is 13.3. The van der Waals surface area contributed by atoms with Gasteiger partial charge in [-0.3, -0.25) is 10.1 Å². The van der Waals surface area contributed by atoms with Crippen molar-refractivity contribution in [2.24, 2.45) is 0 Å². The fourth-order valence-corrected chi connectivity index (χ4v) is 3.67. The van der Waals surface area contributed by atoms with Crippen LogP contribution < -0.4 is 10.1 Å². The lowest BCUT2D eigenvalue weighted by atomic mass is 9.98. The highest BCUT2D eigenvalue weighted by atomic mass is 32.1. The van der Waals surface area contributed by atoms with E-state index >= 15 is 0 Å². The summed E-state index contributed by atoms with van der Waals surface area (Å²) in [4.78, 5) is 16.6. The van der Waals surface area contributed by atoms with Crippen molar-refractivity contribution in [1.82, 2.24) is 15.2 Å². The van der Waals surface area contributed by atoms with Crippen LogP contribution in [0.1, 0.15) is 42.0 Å². The molecule has 1 aromatic carbocycles. The molecule has 0 aliphatic rings. The van der Waals surface area contributed by atoms with Gasteiger partial charge >= 0.3 is 0 Å². The van der Waals surface area contributed by atoms with Gasteiger partial charge in [-0.25, -0.2) is 4.98 Å². The zero-order valence-electron chi connectivity index (χ0n) is 16.2. The summed E-state index contributed by atoms with van der Waals surface area (Å²) >= 11 is 2.98. The number of aromatic nitrogens is 3. The maximum absolute atomic E-state index is 12.2. The van der Waals surface area contributed by atoms with Gasteiger partial charge in [-0.05, 0) is 19.1 Å². The maximum Gasteiger partial charge on any atom is 0.250 e. The maximum atomic E-state index is 12.2. The molecule has 0 atom stereocenters. The quantitative estimate of drug-likeness (QED) is 0.585. The second-order valence-electron chi connectivity index (χ2n) is 7.17. The molecule has 6 nitrogen and oxygen atoms in total. The molecule has 0 bridgehead atoms. The number of hydrogen-bond donors (Lipinski definition) is 1. The first kappa shape index (κ1) is 20.2. The number of thiazole rings is 1. The minimum Gasteiger partial charge on any atom is -0.487 e. The molecule has 0 aliphatic heterocycles. The molecule has 3 rings (SSSR count). The van der Waals surface area contributed by atoms with Crippen molar-refractivity contribution < 1.29 is 9.53 Å². The Morgan fingerprint density at radius 2 is 2.04 bits per heavy atom. The monoisotopic (exact) mass is 414 g/mol. The Bertz CT molecular complexity index is 986. The molecule has 0 spiro atoms. The van der Waals surface area contributed by atoms with Gasteiger partial charge in [0.05, 0.1) is 10.7 Å². The standard InChI is InChI=1S/C20H22N4O2S2/c1-13-21-15(12-27-13)11-26-16-8-6-5-7-14(16)9-10-17(25)22-19-24-23-18(28-19)20(2,3)4/h5-10,12H,11H2,1-4H3,(H,22,24,25)/b10-9+. The van der Waals surface area contributed by atoms with Gasteiger partial charge < -0.3 is 4.74 Å². The van der Waals surface area contributed by atoms with Gasteiger partial charge in [-0.2, -0.15) is 0 Å². The van der Waals surface area contributed by atoms with Gasteiger partial charge in [0.2, 0.25) is 11.0 Å². The number of ether oxygens (including phenoxy) is 1. The van der Waals surface area contributed by atoms with Crippen molar-refractivity contribution in [3.8, 4) is 5.75 Å². The summed E-state index contributed by atoms with van der Waals surface area (Å²) in [7, 11) is 0. The molecule has 28 heavy (non-hydrogen) atoms. The summed E-state index contributed by atoms with van der Waals surface area (Å²) in [5, 5.41) is 15.3. The lowest BCUT2D eigenvalue weighted by Gasteiger charge is -2.12. The number of aryl methyl sites for hydroxylation is 1. The molecule has 0 unspecified atom stereocenters. The van der Waals surface area contributed by atoms with Crippen LogP contribution in [0.2, 0.25) is 0 Å². The average Bonchev–Trinajstić information content (AvgIpc) is 3.27. The Morgan fingerprint density at radius 1 is 1.25 bits per heavy atom. The SMILES string of the molecule is Cc1nc(COc2ccccc2/C=C/C(=O)Nc2nnc(C(C)(C)C)s2)cs1. The molecule has 2 heterocycles. The summed E-state index contributed by atoms with van der Waals surface area (Å²) in [6, 6.07) is 7.57.